The molecular formula is C23H34N2O3+2. The number of aryl methyl sites for hydroxylation is 1. The predicted molar refractivity (Wildman–Crippen MR) is 110 cm³/mol. The maximum atomic E-state index is 12.1. The van der Waals surface area contributed by atoms with Gasteiger partial charge in [0.15, 0.2) is 0 Å². The molecule has 2 fully saturated rings. The lowest BCUT2D eigenvalue weighted by atomic mass is 9.79. The van der Waals surface area contributed by atoms with Crippen molar-refractivity contribution in [3.05, 3.63) is 45.8 Å². The summed E-state index contributed by atoms with van der Waals surface area (Å²) in [6, 6.07) is 7.95. The van der Waals surface area contributed by atoms with Gasteiger partial charge in [-0.3, -0.25) is 0 Å². The molecule has 1 aliphatic heterocycles. The number of fused-ring (bicyclic) bond motifs is 1. The molecular weight excluding hydrogens is 352 g/mol. The van der Waals surface area contributed by atoms with E-state index in [2.05, 4.69) is 24.4 Å². The van der Waals surface area contributed by atoms with E-state index in [-0.39, 0.29) is 5.63 Å². The van der Waals surface area contributed by atoms with Gasteiger partial charge in [-0.2, -0.15) is 0 Å². The van der Waals surface area contributed by atoms with Crippen LogP contribution in [0.2, 0.25) is 0 Å². The smallest absolute Gasteiger partial charge is 0.336 e. The fourth-order valence-electron chi connectivity index (χ4n) is 5.25. The number of rotatable bonds is 6. The molecule has 4 rings (SSSR count). The van der Waals surface area contributed by atoms with Crippen LogP contribution < -0.4 is 15.8 Å². The first-order valence-corrected chi connectivity index (χ1v) is 11.0. The summed E-state index contributed by atoms with van der Waals surface area (Å²) in [5.74, 6) is 0. The lowest BCUT2D eigenvalue weighted by Crippen LogP contribution is -3.24. The van der Waals surface area contributed by atoms with E-state index >= 15 is 0 Å². The van der Waals surface area contributed by atoms with E-state index in [4.69, 9.17) is 9.15 Å². The summed E-state index contributed by atoms with van der Waals surface area (Å²) in [6.07, 6.45) is 7.63. The number of benzene rings is 1. The Labute approximate surface area is 167 Å². The summed E-state index contributed by atoms with van der Waals surface area (Å²) in [4.78, 5) is 13.8. The van der Waals surface area contributed by atoms with Crippen molar-refractivity contribution in [1.82, 2.24) is 0 Å². The van der Waals surface area contributed by atoms with E-state index in [1.807, 2.05) is 6.07 Å². The number of hydrogen-bond acceptors (Lipinski definition) is 3. The molecule has 2 aliphatic rings. The van der Waals surface area contributed by atoms with Gasteiger partial charge in [0.1, 0.15) is 37.3 Å². The summed E-state index contributed by atoms with van der Waals surface area (Å²) in [5, 5.41) is 3.50. The van der Waals surface area contributed by atoms with Crippen LogP contribution in [0, 0.1) is 0 Å². The second-order valence-electron chi connectivity index (χ2n) is 8.53. The Balaban J connectivity index is 1.51. The topological polar surface area (TPSA) is 60.5 Å². The van der Waals surface area contributed by atoms with E-state index < -0.39 is 0 Å². The van der Waals surface area contributed by atoms with E-state index in [0.717, 1.165) is 62.3 Å². The molecule has 5 heteroatoms. The van der Waals surface area contributed by atoms with Crippen molar-refractivity contribution in [2.75, 3.05) is 32.8 Å². The van der Waals surface area contributed by atoms with Crippen LogP contribution in [0.5, 0.6) is 0 Å². The van der Waals surface area contributed by atoms with E-state index in [0.29, 0.717) is 5.54 Å². The van der Waals surface area contributed by atoms with Gasteiger partial charge in [0, 0.05) is 29.9 Å². The van der Waals surface area contributed by atoms with Gasteiger partial charge >= 0.3 is 5.63 Å². The lowest BCUT2D eigenvalue weighted by Gasteiger charge is -2.43. The van der Waals surface area contributed by atoms with Gasteiger partial charge in [-0.1, -0.05) is 25.5 Å². The Morgan fingerprint density at radius 2 is 1.89 bits per heavy atom. The van der Waals surface area contributed by atoms with E-state index in [1.165, 1.54) is 37.7 Å². The highest BCUT2D eigenvalue weighted by Crippen LogP contribution is 2.25. The molecule has 0 radical (unpaired) electrons. The average molecular weight is 387 g/mol. The van der Waals surface area contributed by atoms with Crippen LogP contribution >= 0.6 is 0 Å². The summed E-state index contributed by atoms with van der Waals surface area (Å²) >= 11 is 0. The maximum Gasteiger partial charge on any atom is 0.336 e. The quantitative estimate of drug-likeness (QED) is 0.730. The van der Waals surface area contributed by atoms with Crippen molar-refractivity contribution in [2.45, 2.75) is 57.5 Å². The van der Waals surface area contributed by atoms with Crippen molar-refractivity contribution >= 4 is 11.0 Å². The van der Waals surface area contributed by atoms with Crippen molar-refractivity contribution in [2.24, 2.45) is 0 Å². The van der Waals surface area contributed by atoms with Gasteiger partial charge in [0.25, 0.3) is 0 Å². The molecule has 3 N–H and O–H groups in total. The molecule has 0 spiro atoms. The van der Waals surface area contributed by atoms with Gasteiger partial charge in [-0.05, 0) is 30.9 Å². The highest BCUT2D eigenvalue weighted by molar-refractivity contribution is 5.80. The third-order valence-corrected chi connectivity index (χ3v) is 6.86. The third-order valence-electron chi connectivity index (χ3n) is 6.86. The number of nitrogens with two attached hydrogens (primary N) is 1. The zero-order valence-electron chi connectivity index (χ0n) is 17.1. The first kappa shape index (κ1) is 19.6. The molecule has 0 bridgehead atoms. The number of hydrogen-bond donors (Lipinski definition) is 2. The Kier molecular flexibility index (Phi) is 6.14. The molecule has 152 valence electrons. The number of ether oxygens (including phenoxy) is 1. The van der Waals surface area contributed by atoms with Crippen LogP contribution in [0.4, 0.5) is 0 Å². The summed E-state index contributed by atoms with van der Waals surface area (Å²) in [6.45, 7) is 8.12. The minimum absolute atomic E-state index is 0.240. The molecule has 1 saturated heterocycles. The molecule has 2 heterocycles. The molecule has 1 aromatic carbocycles. The first-order valence-electron chi connectivity index (χ1n) is 11.0. The van der Waals surface area contributed by atoms with Crippen LogP contribution in [-0.4, -0.2) is 38.4 Å². The highest BCUT2D eigenvalue weighted by Gasteiger charge is 2.44. The van der Waals surface area contributed by atoms with E-state index in [9.17, 15) is 4.79 Å². The van der Waals surface area contributed by atoms with Gasteiger partial charge in [-0.25, -0.2) is 4.79 Å². The number of nitrogens with one attached hydrogen (secondary N) is 1. The standard InChI is InChI=1S/C23H32N2O3/c1-2-18-6-7-20-19(15-22(26)28-21(20)14-18)16-24-17-23(8-4-3-5-9-23)25-10-12-27-13-11-25/h6-7,14-15,24H,2-5,8-13,16-17H2,1H3/p+2. The van der Waals surface area contributed by atoms with Gasteiger partial charge in [0.2, 0.25) is 0 Å². The summed E-state index contributed by atoms with van der Waals surface area (Å²) in [5.41, 5.74) is 3.15. The van der Waals surface area contributed by atoms with E-state index in [1.54, 1.807) is 11.0 Å². The molecule has 5 nitrogen and oxygen atoms in total. The van der Waals surface area contributed by atoms with Crippen LogP contribution in [0.1, 0.15) is 50.2 Å². The SMILES string of the molecule is CCc1ccc2c(C[NH2+]CC3([NH+]4CCOCC4)CCCCC3)cc(=O)oc2c1. The second kappa shape index (κ2) is 8.76. The minimum atomic E-state index is -0.240. The minimum Gasteiger partial charge on any atom is -0.423 e. The fraction of sp³-hybridized carbons (Fsp3) is 0.609. The Morgan fingerprint density at radius 1 is 1.11 bits per heavy atom. The zero-order chi connectivity index (χ0) is 19.4. The molecule has 28 heavy (non-hydrogen) atoms. The third kappa shape index (κ3) is 4.17. The molecule has 0 amide bonds. The summed E-state index contributed by atoms with van der Waals surface area (Å²) in [7, 11) is 0. The lowest BCUT2D eigenvalue weighted by molar-refractivity contribution is -0.975. The predicted octanol–water partition coefficient (Wildman–Crippen LogP) is 1.04. The Hall–Kier alpha value is -1.69. The second-order valence-corrected chi connectivity index (χ2v) is 8.53. The van der Waals surface area contributed by atoms with Crippen LogP contribution in [-0.2, 0) is 17.7 Å². The van der Waals surface area contributed by atoms with Crippen molar-refractivity contribution in [3.63, 3.8) is 0 Å². The van der Waals surface area contributed by atoms with Crippen LogP contribution in [0.15, 0.2) is 33.5 Å². The molecule has 1 aromatic heterocycles. The number of quaternary nitrogens is 2. The first-order chi connectivity index (χ1) is 13.7. The maximum absolute atomic E-state index is 12.1. The zero-order valence-corrected chi connectivity index (χ0v) is 17.1. The Bertz CT molecular complexity index is 849. The largest absolute Gasteiger partial charge is 0.423 e. The average Bonchev–Trinajstić information content (AvgIpc) is 2.74. The molecule has 2 aromatic rings. The van der Waals surface area contributed by atoms with Crippen LogP contribution in [0.3, 0.4) is 0 Å². The highest BCUT2D eigenvalue weighted by atomic mass is 16.5. The molecule has 0 atom stereocenters. The molecule has 0 unspecified atom stereocenters. The normalized spacial score (nSPS) is 20.5. The Morgan fingerprint density at radius 3 is 2.64 bits per heavy atom. The molecule has 1 saturated carbocycles. The van der Waals surface area contributed by atoms with Crippen LogP contribution in [0.25, 0.3) is 11.0 Å². The molecule has 1 aliphatic carbocycles. The van der Waals surface area contributed by atoms with Crippen molar-refractivity contribution < 1.29 is 19.4 Å². The van der Waals surface area contributed by atoms with Gasteiger partial charge in [-0.15, -0.1) is 0 Å². The summed E-state index contributed by atoms with van der Waals surface area (Å²) < 4.78 is 11.1. The number of morpholine rings is 1. The van der Waals surface area contributed by atoms with Gasteiger partial charge in [0.05, 0.1) is 13.2 Å². The van der Waals surface area contributed by atoms with Crippen molar-refractivity contribution in [3.8, 4) is 0 Å². The van der Waals surface area contributed by atoms with Gasteiger partial charge < -0.3 is 19.4 Å². The monoisotopic (exact) mass is 386 g/mol. The van der Waals surface area contributed by atoms with Crippen molar-refractivity contribution in [1.29, 1.82) is 0 Å². The fourth-order valence-corrected chi connectivity index (χ4v) is 5.25.